The number of aliphatic hydroxyl groups excluding tert-OH is 1. The molecule has 4 rings (SSSR count). The number of carbonyl (C=O) groups excluding carboxylic acids is 1. The summed E-state index contributed by atoms with van der Waals surface area (Å²) in [6.07, 6.45) is 10.5. The molecule has 2 aliphatic rings. The summed E-state index contributed by atoms with van der Waals surface area (Å²) < 4.78 is 12.7. The lowest BCUT2D eigenvalue weighted by Crippen LogP contribution is -2.46. The molecule has 1 aromatic carbocycles. The van der Waals surface area contributed by atoms with E-state index in [0.29, 0.717) is 17.2 Å². The van der Waals surface area contributed by atoms with Crippen molar-refractivity contribution >= 4 is 5.91 Å². The maximum absolute atomic E-state index is 13.5. The summed E-state index contributed by atoms with van der Waals surface area (Å²) in [7, 11) is 2.13. The van der Waals surface area contributed by atoms with Gasteiger partial charge in [0.05, 0.1) is 29.5 Å². The van der Waals surface area contributed by atoms with Crippen LogP contribution >= 0.6 is 0 Å². The standard InChI is InChI=1S/C31H46N4O4/c1-5-6-12-27-25(20-29(34-33-27)39-24-15-17-35(4)18-16-24)22-13-14-28(38-23-10-8-7-9-11-23)26(19-22)30(37)32-31(2,3)21-36/h13-14,19-20,23-24,36H,5-12,15-18,21H2,1-4H3,(H,32,37). The highest BCUT2D eigenvalue weighted by Crippen LogP contribution is 2.33. The molecule has 1 aliphatic carbocycles. The van der Waals surface area contributed by atoms with Crippen molar-refractivity contribution in [3.8, 4) is 22.8 Å². The molecule has 2 heterocycles. The summed E-state index contributed by atoms with van der Waals surface area (Å²) in [5.74, 6) is 0.841. The van der Waals surface area contributed by atoms with Gasteiger partial charge in [0.1, 0.15) is 11.9 Å². The summed E-state index contributed by atoms with van der Waals surface area (Å²) in [5.41, 5.74) is 2.42. The quantitative estimate of drug-likeness (QED) is 0.407. The van der Waals surface area contributed by atoms with Crippen LogP contribution in [-0.2, 0) is 6.42 Å². The lowest BCUT2D eigenvalue weighted by atomic mass is 9.96. The number of hydrogen-bond donors (Lipinski definition) is 2. The Morgan fingerprint density at radius 2 is 1.77 bits per heavy atom. The number of benzene rings is 1. The smallest absolute Gasteiger partial charge is 0.255 e. The van der Waals surface area contributed by atoms with Crippen LogP contribution < -0.4 is 14.8 Å². The highest BCUT2D eigenvalue weighted by molar-refractivity contribution is 5.98. The number of likely N-dealkylation sites (tertiary alicyclic amines) is 1. The Bertz CT molecular complexity index is 1090. The van der Waals surface area contributed by atoms with Crippen molar-refractivity contribution < 1.29 is 19.4 Å². The fraction of sp³-hybridized carbons (Fsp3) is 0.645. The van der Waals surface area contributed by atoms with Crippen LogP contribution in [0.1, 0.15) is 94.6 Å². The van der Waals surface area contributed by atoms with Crippen molar-refractivity contribution in [2.45, 2.75) is 103 Å². The van der Waals surface area contributed by atoms with Crippen LogP contribution in [0.2, 0.25) is 0 Å². The largest absolute Gasteiger partial charge is 0.490 e. The van der Waals surface area contributed by atoms with E-state index in [-0.39, 0.29) is 24.7 Å². The van der Waals surface area contributed by atoms with Crippen LogP contribution in [0, 0.1) is 0 Å². The molecule has 1 aromatic heterocycles. The van der Waals surface area contributed by atoms with E-state index in [9.17, 15) is 9.90 Å². The number of aromatic nitrogens is 2. The minimum Gasteiger partial charge on any atom is -0.490 e. The van der Waals surface area contributed by atoms with E-state index in [1.807, 2.05) is 24.3 Å². The Hall–Kier alpha value is -2.71. The molecule has 0 radical (unpaired) electrons. The third-order valence-electron chi connectivity index (χ3n) is 7.80. The Kier molecular flexibility index (Phi) is 10.2. The molecule has 214 valence electrons. The van der Waals surface area contributed by atoms with Crippen LogP contribution in [0.4, 0.5) is 0 Å². The number of hydrogen-bond acceptors (Lipinski definition) is 7. The molecule has 0 atom stereocenters. The SMILES string of the molecule is CCCCc1nnc(OC2CCN(C)CC2)cc1-c1ccc(OC2CCCCC2)c(C(=O)NC(C)(C)CO)c1. The van der Waals surface area contributed by atoms with Crippen LogP contribution in [0.3, 0.4) is 0 Å². The maximum atomic E-state index is 13.5. The predicted molar refractivity (Wildman–Crippen MR) is 153 cm³/mol. The van der Waals surface area contributed by atoms with E-state index in [1.54, 1.807) is 13.8 Å². The van der Waals surface area contributed by atoms with Gasteiger partial charge < -0.3 is 24.8 Å². The average Bonchev–Trinajstić information content (AvgIpc) is 2.94. The topological polar surface area (TPSA) is 96.8 Å². The average molecular weight is 539 g/mol. The number of amides is 1. The van der Waals surface area contributed by atoms with Gasteiger partial charge in [0.2, 0.25) is 5.88 Å². The van der Waals surface area contributed by atoms with Crippen molar-refractivity contribution in [1.29, 1.82) is 0 Å². The summed E-state index contributed by atoms with van der Waals surface area (Å²) >= 11 is 0. The van der Waals surface area contributed by atoms with Crippen molar-refractivity contribution in [1.82, 2.24) is 20.4 Å². The fourth-order valence-electron chi connectivity index (χ4n) is 5.26. The number of ether oxygens (including phenoxy) is 2. The molecule has 0 unspecified atom stereocenters. The molecule has 1 amide bonds. The Balaban J connectivity index is 1.68. The molecule has 0 bridgehead atoms. The molecular weight excluding hydrogens is 492 g/mol. The molecule has 1 saturated carbocycles. The first-order valence-corrected chi connectivity index (χ1v) is 14.7. The predicted octanol–water partition coefficient (Wildman–Crippen LogP) is 5.17. The second kappa shape index (κ2) is 13.6. The molecule has 2 N–H and O–H groups in total. The van der Waals surface area contributed by atoms with Gasteiger partial charge in [-0.25, -0.2) is 0 Å². The van der Waals surface area contributed by atoms with Gasteiger partial charge in [0.15, 0.2) is 0 Å². The van der Waals surface area contributed by atoms with E-state index in [1.165, 1.54) is 6.42 Å². The number of nitrogens with one attached hydrogen (secondary N) is 1. The molecule has 2 fully saturated rings. The van der Waals surface area contributed by atoms with E-state index in [2.05, 4.69) is 34.4 Å². The van der Waals surface area contributed by atoms with E-state index < -0.39 is 5.54 Å². The summed E-state index contributed by atoms with van der Waals surface area (Å²) in [6, 6.07) is 7.80. The number of piperidine rings is 1. The lowest BCUT2D eigenvalue weighted by molar-refractivity contribution is 0.0858. The van der Waals surface area contributed by atoms with Gasteiger partial charge in [-0.1, -0.05) is 25.8 Å². The maximum Gasteiger partial charge on any atom is 0.255 e. The van der Waals surface area contributed by atoms with Crippen molar-refractivity contribution in [2.75, 3.05) is 26.7 Å². The van der Waals surface area contributed by atoms with Gasteiger partial charge in [-0.2, -0.15) is 5.10 Å². The van der Waals surface area contributed by atoms with E-state index in [4.69, 9.17) is 9.47 Å². The monoisotopic (exact) mass is 538 g/mol. The first kappa shape index (κ1) is 29.3. The second-order valence-corrected chi connectivity index (χ2v) is 11.9. The number of aliphatic hydroxyl groups is 1. The Morgan fingerprint density at radius 1 is 1.05 bits per heavy atom. The summed E-state index contributed by atoms with van der Waals surface area (Å²) in [5, 5.41) is 21.8. The lowest BCUT2D eigenvalue weighted by Gasteiger charge is -2.29. The molecule has 1 aliphatic heterocycles. The zero-order valence-corrected chi connectivity index (χ0v) is 24.2. The second-order valence-electron chi connectivity index (χ2n) is 11.9. The fourth-order valence-corrected chi connectivity index (χ4v) is 5.26. The van der Waals surface area contributed by atoms with E-state index >= 15 is 0 Å². The van der Waals surface area contributed by atoms with Gasteiger partial charge in [-0.05, 0) is 90.0 Å². The van der Waals surface area contributed by atoms with Crippen molar-refractivity contribution in [2.24, 2.45) is 0 Å². The number of unbranched alkanes of at least 4 members (excludes halogenated alkanes) is 1. The number of nitrogens with zero attached hydrogens (tertiary/aromatic N) is 3. The van der Waals surface area contributed by atoms with Gasteiger partial charge in [-0.15, -0.1) is 5.10 Å². The zero-order valence-electron chi connectivity index (χ0n) is 24.2. The van der Waals surface area contributed by atoms with E-state index in [0.717, 1.165) is 87.7 Å². The molecule has 1 saturated heterocycles. The van der Waals surface area contributed by atoms with Crippen LogP contribution in [0.15, 0.2) is 24.3 Å². The normalized spacial score (nSPS) is 17.7. The first-order chi connectivity index (χ1) is 18.8. The van der Waals surface area contributed by atoms with Gasteiger partial charge in [0, 0.05) is 24.7 Å². The van der Waals surface area contributed by atoms with Crippen molar-refractivity contribution in [3.05, 3.63) is 35.5 Å². The van der Waals surface area contributed by atoms with Gasteiger partial charge >= 0.3 is 0 Å². The number of rotatable bonds is 11. The third kappa shape index (κ3) is 8.15. The van der Waals surface area contributed by atoms with Crippen LogP contribution in [0.5, 0.6) is 11.6 Å². The van der Waals surface area contributed by atoms with Gasteiger partial charge in [-0.3, -0.25) is 4.79 Å². The van der Waals surface area contributed by atoms with Crippen LogP contribution in [-0.4, -0.2) is 70.6 Å². The minimum absolute atomic E-state index is 0.110. The number of carbonyl (C=O) groups is 1. The molecule has 2 aromatic rings. The zero-order chi connectivity index (χ0) is 27.8. The number of aryl methyl sites for hydroxylation is 1. The third-order valence-corrected chi connectivity index (χ3v) is 7.80. The Labute approximate surface area is 233 Å². The summed E-state index contributed by atoms with van der Waals surface area (Å²) in [4.78, 5) is 15.8. The molecule has 39 heavy (non-hydrogen) atoms. The minimum atomic E-state index is -0.755. The molecule has 8 nitrogen and oxygen atoms in total. The first-order valence-electron chi connectivity index (χ1n) is 14.7. The van der Waals surface area contributed by atoms with Gasteiger partial charge in [0.25, 0.3) is 5.91 Å². The molecule has 0 spiro atoms. The van der Waals surface area contributed by atoms with Crippen molar-refractivity contribution in [3.63, 3.8) is 0 Å². The molecule has 8 heteroatoms. The highest BCUT2D eigenvalue weighted by atomic mass is 16.5. The summed E-state index contributed by atoms with van der Waals surface area (Å²) in [6.45, 7) is 7.62. The molecular formula is C31H46N4O4. The van der Waals surface area contributed by atoms with Crippen LogP contribution in [0.25, 0.3) is 11.1 Å². The highest BCUT2D eigenvalue weighted by Gasteiger charge is 2.26. The Morgan fingerprint density at radius 3 is 2.46 bits per heavy atom.